The van der Waals surface area contributed by atoms with Gasteiger partial charge in [0.1, 0.15) is 11.6 Å². The minimum Gasteiger partial charge on any atom is -0.484 e. The van der Waals surface area contributed by atoms with E-state index in [2.05, 4.69) is 4.98 Å². The molecule has 0 N–H and O–H groups in total. The quantitative estimate of drug-likeness (QED) is 0.759. The summed E-state index contributed by atoms with van der Waals surface area (Å²) in [6.07, 6.45) is 2.09. The van der Waals surface area contributed by atoms with E-state index in [1.54, 1.807) is 35.6 Å². The van der Waals surface area contributed by atoms with E-state index in [1.165, 1.54) is 10.5 Å². The van der Waals surface area contributed by atoms with E-state index in [0.717, 1.165) is 0 Å². The van der Waals surface area contributed by atoms with Gasteiger partial charge in [-0.15, -0.1) is 0 Å². The zero-order valence-corrected chi connectivity index (χ0v) is 16.4. The first-order valence-corrected chi connectivity index (χ1v) is 10.3. The van der Waals surface area contributed by atoms with E-state index in [4.69, 9.17) is 4.74 Å². The van der Waals surface area contributed by atoms with Gasteiger partial charge in [0, 0.05) is 39.4 Å². The van der Waals surface area contributed by atoms with Crippen LogP contribution in [0.1, 0.15) is 12.2 Å². The van der Waals surface area contributed by atoms with Gasteiger partial charge in [0.15, 0.2) is 11.6 Å². The lowest BCUT2D eigenvalue weighted by atomic mass is 10.3. The van der Waals surface area contributed by atoms with E-state index in [1.807, 2.05) is 18.2 Å². The number of imidazole rings is 1. The van der Waals surface area contributed by atoms with Crippen LogP contribution in [0.4, 0.5) is 0 Å². The monoisotopic (exact) mass is 392 g/mol. The van der Waals surface area contributed by atoms with E-state index in [0.29, 0.717) is 37.6 Å². The number of aryl methyl sites for hydroxylation is 2. The molecule has 1 aromatic carbocycles. The summed E-state index contributed by atoms with van der Waals surface area (Å²) in [5.41, 5.74) is 0. The van der Waals surface area contributed by atoms with Gasteiger partial charge >= 0.3 is 0 Å². The topological polar surface area (TPSA) is 84.7 Å². The van der Waals surface area contributed by atoms with Gasteiger partial charge in [0.2, 0.25) is 0 Å². The van der Waals surface area contributed by atoms with Crippen LogP contribution in [0.2, 0.25) is 0 Å². The van der Waals surface area contributed by atoms with Gasteiger partial charge in [-0.1, -0.05) is 18.2 Å². The van der Waals surface area contributed by atoms with Crippen molar-refractivity contribution in [3.05, 3.63) is 42.4 Å². The molecule has 0 spiro atoms. The molecule has 1 aromatic heterocycles. The SMILES string of the molecule is Cc1nc(S(=O)(=O)N2CCCN(C(=O)COc3ccccc3)CC2)cn1C. The van der Waals surface area contributed by atoms with Crippen LogP contribution >= 0.6 is 0 Å². The third-order valence-corrected chi connectivity index (χ3v) is 6.37. The number of hydrogen-bond acceptors (Lipinski definition) is 5. The average Bonchev–Trinajstić information content (AvgIpc) is 2.87. The van der Waals surface area contributed by atoms with Crippen molar-refractivity contribution in [3.63, 3.8) is 0 Å². The van der Waals surface area contributed by atoms with E-state index < -0.39 is 10.0 Å². The van der Waals surface area contributed by atoms with Gasteiger partial charge in [-0.2, -0.15) is 4.31 Å². The highest BCUT2D eigenvalue weighted by atomic mass is 32.2. The minimum atomic E-state index is -3.66. The molecule has 9 heteroatoms. The Kier molecular flexibility index (Phi) is 5.81. The molecule has 1 aliphatic heterocycles. The Morgan fingerprint density at radius 3 is 2.56 bits per heavy atom. The van der Waals surface area contributed by atoms with Crippen molar-refractivity contribution in [1.29, 1.82) is 0 Å². The molecule has 0 atom stereocenters. The molecule has 27 heavy (non-hydrogen) atoms. The molecule has 2 aromatic rings. The molecule has 146 valence electrons. The Hall–Kier alpha value is -2.39. The van der Waals surface area contributed by atoms with Crippen molar-refractivity contribution in [1.82, 2.24) is 18.8 Å². The number of amides is 1. The maximum absolute atomic E-state index is 12.8. The molecule has 3 rings (SSSR count). The lowest BCUT2D eigenvalue weighted by molar-refractivity contribution is -0.133. The molecule has 0 aliphatic carbocycles. The van der Waals surface area contributed by atoms with Gasteiger partial charge in [-0.3, -0.25) is 4.79 Å². The molecular weight excluding hydrogens is 368 g/mol. The van der Waals surface area contributed by atoms with Gasteiger partial charge in [0.05, 0.1) is 0 Å². The minimum absolute atomic E-state index is 0.0506. The van der Waals surface area contributed by atoms with Crippen molar-refractivity contribution in [2.45, 2.75) is 18.4 Å². The van der Waals surface area contributed by atoms with Crippen molar-refractivity contribution in [2.24, 2.45) is 7.05 Å². The van der Waals surface area contributed by atoms with Crippen LogP contribution in [0, 0.1) is 6.92 Å². The predicted molar refractivity (Wildman–Crippen MR) is 99.8 cm³/mol. The standard InChI is InChI=1S/C18H24N4O4S/c1-15-19-17(13-20(15)2)27(24,25)22-10-6-9-21(11-12-22)18(23)14-26-16-7-4-3-5-8-16/h3-5,7-8,13H,6,9-12,14H2,1-2H3. The largest absolute Gasteiger partial charge is 0.484 e. The molecule has 1 aliphatic rings. The third kappa shape index (κ3) is 4.48. The van der Waals surface area contributed by atoms with Crippen LogP contribution < -0.4 is 4.74 Å². The number of rotatable bonds is 5. The number of ether oxygens (including phenoxy) is 1. The molecule has 8 nitrogen and oxygen atoms in total. The number of benzene rings is 1. The Labute approximate surface area is 159 Å². The average molecular weight is 392 g/mol. The van der Waals surface area contributed by atoms with Gasteiger partial charge < -0.3 is 14.2 Å². The molecular formula is C18H24N4O4S. The van der Waals surface area contributed by atoms with Gasteiger partial charge in [-0.05, 0) is 25.5 Å². The Bertz CT molecular complexity index is 876. The highest BCUT2D eigenvalue weighted by Gasteiger charge is 2.30. The van der Waals surface area contributed by atoms with Crippen LogP contribution in [0.5, 0.6) is 5.75 Å². The number of aromatic nitrogens is 2. The van der Waals surface area contributed by atoms with E-state index in [9.17, 15) is 13.2 Å². The highest BCUT2D eigenvalue weighted by molar-refractivity contribution is 7.89. The highest BCUT2D eigenvalue weighted by Crippen LogP contribution is 2.17. The number of carbonyl (C=O) groups is 1. The lowest BCUT2D eigenvalue weighted by Gasteiger charge is -2.21. The van der Waals surface area contributed by atoms with Crippen molar-refractivity contribution in [2.75, 3.05) is 32.8 Å². The van der Waals surface area contributed by atoms with Crippen LogP contribution in [-0.4, -0.2) is 65.9 Å². The molecule has 0 radical (unpaired) electrons. The second-order valence-corrected chi connectivity index (χ2v) is 8.36. The molecule has 1 saturated heterocycles. The molecule has 1 fully saturated rings. The normalized spacial score (nSPS) is 16.1. The van der Waals surface area contributed by atoms with Crippen LogP contribution in [0.15, 0.2) is 41.6 Å². The number of hydrogen-bond donors (Lipinski definition) is 0. The van der Waals surface area contributed by atoms with E-state index in [-0.39, 0.29) is 24.1 Å². The number of sulfonamides is 1. The summed E-state index contributed by atoms with van der Waals surface area (Å²) in [6, 6.07) is 9.14. The number of nitrogens with zero attached hydrogens (tertiary/aromatic N) is 4. The Morgan fingerprint density at radius 1 is 1.15 bits per heavy atom. The summed E-state index contributed by atoms with van der Waals surface area (Å²) < 4.78 is 34.2. The molecule has 0 bridgehead atoms. The molecule has 0 saturated carbocycles. The molecule has 2 heterocycles. The second kappa shape index (κ2) is 8.10. The van der Waals surface area contributed by atoms with Crippen molar-refractivity contribution >= 4 is 15.9 Å². The Balaban J connectivity index is 1.60. The first kappa shape index (κ1) is 19.4. The van der Waals surface area contributed by atoms with Crippen LogP contribution in [-0.2, 0) is 21.9 Å². The summed E-state index contributed by atoms with van der Waals surface area (Å²) in [7, 11) is -1.90. The second-order valence-electron chi connectivity index (χ2n) is 6.48. The first-order valence-electron chi connectivity index (χ1n) is 8.83. The summed E-state index contributed by atoms with van der Waals surface area (Å²) in [4.78, 5) is 18.2. The zero-order valence-electron chi connectivity index (χ0n) is 15.5. The van der Waals surface area contributed by atoms with Gasteiger partial charge in [0.25, 0.3) is 15.9 Å². The lowest BCUT2D eigenvalue weighted by Crippen LogP contribution is -2.39. The van der Waals surface area contributed by atoms with Crippen LogP contribution in [0.3, 0.4) is 0 Å². The first-order chi connectivity index (χ1) is 12.9. The maximum Gasteiger partial charge on any atom is 0.262 e. The van der Waals surface area contributed by atoms with Gasteiger partial charge in [-0.25, -0.2) is 13.4 Å². The summed E-state index contributed by atoms with van der Waals surface area (Å²) in [5, 5.41) is 0.0506. The van der Waals surface area contributed by atoms with Crippen molar-refractivity contribution < 1.29 is 17.9 Å². The fourth-order valence-electron chi connectivity index (χ4n) is 2.92. The fourth-order valence-corrected chi connectivity index (χ4v) is 4.41. The molecule has 1 amide bonds. The van der Waals surface area contributed by atoms with E-state index >= 15 is 0 Å². The smallest absolute Gasteiger partial charge is 0.262 e. The fraction of sp³-hybridized carbons (Fsp3) is 0.444. The van der Waals surface area contributed by atoms with Crippen molar-refractivity contribution in [3.8, 4) is 5.75 Å². The maximum atomic E-state index is 12.8. The van der Waals surface area contributed by atoms with Crippen LogP contribution in [0.25, 0.3) is 0 Å². The number of para-hydroxylation sites is 1. The number of carbonyl (C=O) groups excluding carboxylic acids is 1. The predicted octanol–water partition coefficient (Wildman–Crippen LogP) is 1.03. The molecule has 0 unspecified atom stereocenters. The summed E-state index contributed by atoms with van der Waals surface area (Å²) >= 11 is 0. The zero-order chi connectivity index (χ0) is 19.4. The Morgan fingerprint density at radius 2 is 1.89 bits per heavy atom. The summed E-state index contributed by atoms with van der Waals surface area (Å²) in [5.74, 6) is 1.13. The third-order valence-electron chi connectivity index (χ3n) is 4.60. The summed E-state index contributed by atoms with van der Waals surface area (Å²) in [6.45, 7) is 3.15.